The van der Waals surface area contributed by atoms with Gasteiger partial charge in [-0.1, -0.05) is 48.0 Å². The van der Waals surface area contributed by atoms with Crippen molar-refractivity contribution in [3.05, 3.63) is 82.4 Å². The van der Waals surface area contributed by atoms with Crippen molar-refractivity contribution in [2.45, 2.75) is 19.0 Å². The Kier molecular flexibility index (Phi) is 4.93. The maximum absolute atomic E-state index is 13.4. The number of imidazole rings is 1. The molecule has 3 heterocycles. The number of aromatic nitrogens is 3. The van der Waals surface area contributed by atoms with Crippen molar-refractivity contribution in [3.63, 3.8) is 0 Å². The number of carbonyl (C=O) groups excluding carboxylic acids is 1. The molecule has 0 saturated carbocycles. The molecule has 5 rings (SSSR count). The second kappa shape index (κ2) is 7.67. The number of rotatable bonds is 4. The van der Waals surface area contributed by atoms with E-state index in [1.54, 1.807) is 36.9 Å². The maximum Gasteiger partial charge on any atom is 0.278 e. The van der Waals surface area contributed by atoms with Crippen LogP contribution >= 0.6 is 11.6 Å². The van der Waals surface area contributed by atoms with Crippen molar-refractivity contribution in [3.8, 4) is 0 Å². The van der Waals surface area contributed by atoms with Gasteiger partial charge in [-0.2, -0.15) is 0 Å². The number of H-pyrrole nitrogens is 1. The number of halogens is 1. The molecule has 1 aliphatic heterocycles. The first kappa shape index (κ1) is 20.6. The van der Waals surface area contributed by atoms with Crippen LogP contribution < -0.4 is 4.90 Å². The molecule has 1 amide bonds. The van der Waals surface area contributed by atoms with Crippen LogP contribution in [-0.2, 0) is 13.6 Å². The molecular weight excluding hydrogens is 430 g/mol. The molecular formula is C23H22ClN5O3. The van der Waals surface area contributed by atoms with E-state index in [4.69, 9.17) is 11.6 Å². The summed E-state index contributed by atoms with van der Waals surface area (Å²) in [7, 11) is 3.36. The average Bonchev–Trinajstić information content (AvgIpc) is 3.37. The quantitative estimate of drug-likeness (QED) is 0.443. The highest BCUT2D eigenvalue weighted by atomic mass is 35.5. The highest BCUT2D eigenvalue weighted by Gasteiger charge is 2.40. The number of amides is 1. The molecule has 0 aliphatic carbocycles. The Morgan fingerprint density at radius 3 is 2.62 bits per heavy atom. The van der Waals surface area contributed by atoms with Crippen LogP contribution in [0.25, 0.3) is 10.9 Å². The Hall–Kier alpha value is -3.33. The summed E-state index contributed by atoms with van der Waals surface area (Å²) < 4.78 is 1.59. The molecule has 32 heavy (non-hydrogen) atoms. The predicted octanol–water partition coefficient (Wildman–Crippen LogP) is 3.00. The topological polar surface area (TPSA) is 97.6 Å². The Balaban J connectivity index is 1.51. The number of benzene rings is 2. The van der Waals surface area contributed by atoms with Crippen LogP contribution in [0.4, 0.5) is 5.82 Å². The van der Waals surface area contributed by atoms with Gasteiger partial charge in [-0.3, -0.25) is 9.69 Å². The fraction of sp³-hybridized carbons (Fsp3) is 0.217. The van der Waals surface area contributed by atoms with E-state index in [1.807, 2.05) is 36.4 Å². The summed E-state index contributed by atoms with van der Waals surface area (Å²) in [6.07, 6.45) is -2.22. The van der Waals surface area contributed by atoms with Crippen LogP contribution in [0.15, 0.2) is 54.6 Å². The van der Waals surface area contributed by atoms with Gasteiger partial charge in [0.05, 0.1) is 6.54 Å². The number of carbonyl (C=O) groups is 1. The Bertz CT molecular complexity index is 1320. The number of aliphatic hydroxyl groups is 2. The Morgan fingerprint density at radius 2 is 1.91 bits per heavy atom. The summed E-state index contributed by atoms with van der Waals surface area (Å²) in [5, 5.41) is 23.2. The van der Waals surface area contributed by atoms with Gasteiger partial charge in [0.2, 0.25) is 6.35 Å². The zero-order valence-corrected chi connectivity index (χ0v) is 18.3. The number of aliphatic hydroxyl groups excluding tert-OH is 2. The lowest BCUT2D eigenvalue weighted by Gasteiger charge is -2.38. The van der Waals surface area contributed by atoms with E-state index in [2.05, 4.69) is 9.97 Å². The SMILES string of the molecule is CN1c2nc(C(O)c3ccccc3)n(C)c2C(=O)N(Cc2cc3c(Cl)cccc3[nH]2)C1O. The minimum atomic E-state index is -1.21. The molecule has 2 unspecified atom stereocenters. The monoisotopic (exact) mass is 451 g/mol. The standard InChI is InChI=1S/C23H22ClN5O3/c1-27-18-20(26-21(27)19(30)13-7-4-3-5-8-13)28(2)23(32)29(22(18)31)12-14-11-15-16(24)9-6-10-17(15)25-14/h3-11,19,23,25,30,32H,12H2,1-2H3. The number of fused-ring (bicyclic) bond motifs is 2. The molecule has 0 bridgehead atoms. The number of anilines is 1. The summed E-state index contributed by atoms with van der Waals surface area (Å²) in [4.78, 5) is 24.0. The molecule has 0 spiro atoms. The second-order valence-electron chi connectivity index (χ2n) is 7.90. The molecule has 2 aromatic heterocycles. The summed E-state index contributed by atoms with van der Waals surface area (Å²) in [5.41, 5.74) is 2.57. The van der Waals surface area contributed by atoms with Crippen molar-refractivity contribution in [1.29, 1.82) is 0 Å². The first-order valence-corrected chi connectivity index (χ1v) is 10.5. The summed E-state index contributed by atoms with van der Waals surface area (Å²) in [5.74, 6) is 0.274. The minimum absolute atomic E-state index is 0.149. The number of hydrogen-bond donors (Lipinski definition) is 3. The smallest absolute Gasteiger partial charge is 0.278 e. The van der Waals surface area contributed by atoms with E-state index in [1.165, 1.54) is 9.80 Å². The number of nitrogens with one attached hydrogen (secondary N) is 1. The van der Waals surface area contributed by atoms with Gasteiger partial charge in [0, 0.05) is 35.7 Å². The Labute approximate surface area is 189 Å². The predicted molar refractivity (Wildman–Crippen MR) is 121 cm³/mol. The highest BCUT2D eigenvalue weighted by molar-refractivity contribution is 6.35. The largest absolute Gasteiger partial charge is 0.380 e. The fourth-order valence-electron chi connectivity index (χ4n) is 4.17. The third-order valence-corrected chi connectivity index (χ3v) is 6.23. The van der Waals surface area contributed by atoms with Crippen LogP contribution in [0.3, 0.4) is 0 Å². The molecule has 9 heteroatoms. The third-order valence-electron chi connectivity index (χ3n) is 5.90. The zero-order valence-electron chi connectivity index (χ0n) is 17.5. The molecule has 0 fully saturated rings. The van der Waals surface area contributed by atoms with E-state index < -0.39 is 12.5 Å². The van der Waals surface area contributed by atoms with Gasteiger partial charge in [-0.15, -0.1) is 0 Å². The van der Waals surface area contributed by atoms with E-state index in [0.717, 1.165) is 16.6 Å². The molecule has 8 nitrogen and oxygen atoms in total. The fourth-order valence-corrected chi connectivity index (χ4v) is 4.40. The van der Waals surface area contributed by atoms with Gasteiger partial charge >= 0.3 is 0 Å². The first-order valence-electron chi connectivity index (χ1n) is 10.1. The molecule has 164 valence electrons. The summed E-state index contributed by atoms with van der Waals surface area (Å²) >= 11 is 6.27. The van der Waals surface area contributed by atoms with E-state index in [0.29, 0.717) is 27.9 Å². The van der Waals surface area contributed by atoms with Crippen molar-refractivity contribution < 1.29 is 15.0 Å². The molecule has 2 aromatic carbocycles. The first-order chi connectivity index (χ1) is 15.4. The van der Waals surface area contributed by atoms with Crippen LogP contribution in [0.1, 0.15) is 33.7 Å². The zero-order chi connectivity index (χ0) is 22.6. The van der Waals surface area contributed by atoms with Gasteiger partial charge in [0.15, 0.2) is 11.5 Å². The van der Waals surface area contributed by atoms with Crippen LogP contribution in [-0.4, -0.2) is 49.0 Å². The van der Waals surface area contributed by atoms with Crippen molar-refractivity contribution >= 4 is 34.2 Å². The summed E-state index contributed by atoms with van der Waals surface area (Å²) in [6, 6.07) is 16.6. The van der Waals surface area contributed by atoms with Crippen LogP contribution in [0.5, 0.6) is 0 Å². The van der Waals surface area contributed by atoms with Crippen molar-refractivity contribution in [1.82, 2.24) is 19.4 Å². The normalized spacial score (nSPS) is 17.2. The lowest BCUT2D eigenvalue weighted by atomic mass is 10.1. The third kappa shape index (κ3) is 3.15. The number of nitrogens with zero attached hydrogens (tertiary/aromatic N) is 4. The molecule has 0 radical (unpaired) electrons. The lowest BCUT2D eigenvalue weighted by Crippen LogP contribution is -2.53. The number of aromatic amines is 1. The van der Waals surface area contributed by atoms with Gasteiger partial charge in [-0.25, -0.2) is 4.98 Å². The highest BCUT2D eigenvalue weighted by Crippen LogP contribution is 2.33. The number of hydrogen-bond acceptors (Lipinski definition) is 5. The van der Waals surface area contributed by atoms with Crippen molar-refractivity contribution in [2.75, 3.05) is 11.9 Å². The molecule has 0 saturated heterocycles. The average molecular weight is 452 g/mol. The minimum Gasteiger partial charge on any atom is -0.380 e. The molecule has 2 atom stereocenters. The summed E-state index contributed by atoms with van der Waals surface area (Å²) in [6.45, 7) is 0.149. The van der Waals surface area contributed by atoms with Crippen LogP contribution in [0, 0.1) is 0 Å². The maximum atomic E-state index is 13.4. The van der Waals surface area contributed by atoms with Gasteiger partial charge < -0.3 is 24.7 Å². The van der Waals surface area contributed by atoms with E-state index in [-0.39, 0.29) is 12.5 Å². The molecule has 1 aliphatic rings. The molecule has 4 aromatic rings. The van der Waals surface area contributed by atoms with Crippen LogP contribution in [0.2, 0.25) is 5.02 Å². The van der Waals surface area contributed by atoms with Gasteiger partial charge in [-0.05, 0) is 23.8 Å². The Morgan fingerprint density at radius 1 is 1.16 bits per heavy atom. The van der Waals surface area contributed by atoms with Gasteiger partial charge in [0.25, 0.3) is 5.91 Å². The van der Waals surface area contributed by atoms with Crippen molar-refractivity contribution in [2.24, 2.45) is 7.05 Å². The van der Waals surface area contributed by atoms with E-state index >= 15 is 0 Å². The lowest BCUT2D eigenvalue weighted by molar-refractivity contribution is -0.00117. The van der Waals surface area contributed by atoms with Gasteiger partial charge in [0.1, 0.15) is 11.9 Å². The van der Waals surface area contributed by atoms with E-state index in [9.17, 15) is 15.0 Å². The second-order valence-corrected chi connectivity index (χ2v) is 8.31. The molecule has 3 N–H and O–H groups in total.